The number of rotatable bonds is 6. The van der Waals surface area contributed by atoms with Crippen molar-refractivity contribution in [3.63, 3.8) is 0 Å². The Labute approximate surface area is 119 Å². The lowest BCUT2D eigenvalue weighted by atomic mass is 10.0. The average Bonchev–Trinajstić information content (AvgIpc) is 2.89. The third-order valence-electron chi connectivity index (χ3n) is 2.99. The SMILES string of the molecule is CNC(Cc1cccs1)c1ccc(OC(C)C)cc1. The highest BCUT2D eigenvalue weighted by atomic mass is 32.1. The summed E-state index contributed by atoms with van der Waals surface area (Å²) < 4.78 is 5.67. The highest BCUT2D eigenvalue weighted by Crippen LogP contribution is 2.23. The summed E-state index contributed by atoms with van der Waals surface area (Å²) in [6.07, 6.45) is 1.25. The first-order valence-electron chi connectivity index (χ1n) is 6.65. The molecule has 0 aliphatic heterocycles. The Hall–Kier alpha value is -1.32. The van der Waals surface area contributed by atoms with E-state index < -0.39 is 0 Å². The van der Waals surface area contributed by atoms with Crippen LogP contribution in [0.15, 0.2) is 41.8 Å². The molecule has 2 aromatic rings. The second kappa shape index (κ2) is 6.73. The molecule has 3 heteroatoms. The fraction of sp³-hybridized carbons (Fsp3) is 0.375. The minimum atomic E-state index is 0.220. The van der Waals surface area contributed by atoms with Crippen LogP contribution >= 0.6 is 11.3 Å². The molecule has 102 valence electrons. The van der Waals surface area contributed by atoms with Crippen molar-refractivity contribution in [3.8, 4) is 5.75 Å². The van der Waals surface area contributed by atoms with Crippen molar-refractivity contribution in [2.75, 3.05) is 7.05 Å². The molecule has 1 heterocycles. The maximum Gasteiger partial charge on any atom is 0.119 e. The van der Waals surface area contributed by atoms with Gasteiger partial charge < -0.3 is 10.1 Å². The molecular weight excluding hydrogens is 254 g/mol. The standard InChI is InChI=1S/C16H21NOS/c1-12(2)18-14-8-6-13(7-9-14)16(17-3)11-15-5-4-10-19-15/h4-10,12,16-17H,11H2,1-3H3. The van der Waals surface area contributed by atoms with Gasteiger partial charge in [0.1, 0.15) is 5.75 Å². The predicted octanol–water partition coefficient (Wildman–Crippen LogP) is 4.04. The summed E-state index contributed by atoms with van der Waals surface area (Å²) in [4.78, 5) is 1.40. The Morgan fingerprint density at radius 2 is 1.89 bits per heavy atom. The summed E-state index contributed by atoms with van der Waals surface area (Å²) in [5.74, 6) is 0.935. The summed E-state index contributed by atoms with van der Waals surface area (Å²) >= 11 is 1.81. The summed E-state index contributed by atoms with van der Waals surface area (Å²) in [6, 6.07) is 13.0. The smallest absolute Gasteiger partial charge is 0.119 e. The van der Waals surface area contributed by atoms with Crippen LogP contribution in [0.2, 0.25) is 0 Å². The number of nitrogens with one attached hydrogen (secondary N) is 1. The van der Waals surface area contributed by atoms with Crippen LogP contribution in [-0.2, 0) is 6.42 Å². The first-order chi connectivity index (χ1) is 9.19. The highest BCUT2D eigenvalue weighted by molar-refractivity contribution is 7.09. The van der Waals surface area contributed by atoms with E-state index >= 15 is 0 Å². The van der Waals surface area contributed by atoms with Crippen molar-refractivity contribution >= 4 is 11.3 Å². The van der Waals surface area contributed by atoms with Crippen molar-refractivity contribution in [2.24, 2.45) is 0 Å². The van der Waals surface area contributed by atoms with E-state index in [9.17, 15) is 0 Å². The first kappa shape index (κ1) is 14.1. The molecule has 1 N–H and O–H groups in total. The van der Waals surface area contributed by atoms with Gasteiger partial charge in [-0.1, -0.05) is 18.2 Å². The third-order valence-corrected chi connectivity index (χ3v) is 3.89. The van der Waals surface area contributed by atoms with Crippen LogP contribution in [0.1, 0.15) is 30.3 Å². The van der Waals surface area contributed by atoms with Gasteiger partial charge in [0.25, 0.3) is 0 Å². The molecule has 0 aliphatic carbocycles. The van der Waals surface area contributed by atoms with Crippen LogP contribution in [-0.4, -0.2) is 13.2 Å². The Kier molecular flexibility index (Phi) is 5.00. The van der Waals surface area contributed by atoms with E-state index in [1.54, 1.807) is 0 Å². The Bertz CT molecular complexity index is 476. The topological polar surface area (TPSA) is 21.3 Å². The average molecular weight is 275 g/mol. The van der Waals surface area contributed by atoms with Gasteiger partial charge in [-0.3, -0.25) is 0 Å². The monoisotopic (exact) mass is 275 g/mol. The van der Waals surface area contributed by atoms with Crippen molar-refractivity contribution in [1.82, 2.24) is 5.32 Å². The molecule has 2 nitrogen and oxygen atoms in total. The summed E-state index contributed by atoms with van der Waals surface area (Å²) in [7, 11) is 2.01. The lowest BCUT2D eigenvalue weighted by Gasteiger charge is -2.17. The van der Waals surface area contributed by atoms with Gasteiger partial charge in [0.05, 0.1) is 6.10 Å². The number of ether oxygens (including phenoxy) is 1. The van der Waals surface area contributed by atoms with Gasteiger partial charge in [-0.25, -0.2) is 0 Å². The predicted molar refractivity (Wildman–Crippen MR) is 82.0 cm³/mol. The van der Waals surface area contributed by atoms with Gasteiger partial charge in [-0.2, -0.15) is 0 Å². The minimum Gasteiger partial charge on any atom is -0.491 e. The molecule has 0 spiro atoms. The van der Waals surface area contributed by atoms with Gasteiger partial charge in [-0.05, 0) is 50.0 Å². The van der Waals surface area contributed by atoms with Crippen LogP contribution in [0.5, 0.6) is 5.75 Å². The molecule has 0 amide bonds. The van der Waals surface area contributed by atoms with Crippen molar-refractivity contribution in [1.29, 1.82) is 0 Å². The van der Waals surface area contributed by atoms with E-state index in [1.807, 2.05) is 44.4 Å². The second-order valence-electron chi connectivity index (χ2n) is 4.86. The largest absolute Gasteiger partial charge is 0.491 e. The first-order valence-corrected chi connectivity index (χ1v) is 7.53. The number of thiophene rings is 1. The zero-order chi connectivity index (χ0) is 13.7. The van der Waals surface area contributed by atoms with Gasteiger partial charge in [0.15, 0.2) is 0 Å². The van der Waals surface area contributed by atoms with Crippen molar-refractivity contribution in [3.05, 3.63) is 52.2 Å². The normalized spacial score (nSPS) is 12.6. The molecule has 0 aliphatic rings. The van der Waals surface area contributed by atoms with Crippen LogP contribution in [0.4, 0.5) is 0 Å². The number of benzene rings is 1. The molecule has 1 aromatic carbocycles. The van der Waals surface area contributed by atoms with E-state index in [0.717, 1.165) is 12.2 Å². The molecule has 2 rings (SSSR count). The van der Waals surface area contributed by atoms with Crippen molar-refractivity contribution in [2.45, 2.75) is 32.4 Å². The molecule has 19 heavy (non-hydrogen) atoms. The Balaban J connectivity index is 2.06. The van der Waals surface area contributed by atoms with Crippen LogP contribution in [0, 0.1) is 0 Å². The molecule has 0 bridgehead atoms. The van der Waals surface area contributed by atoms with Gasteiger partial charge in [0, 0.05) is 17.3 Å². The molecule has 0 radical (unpaired) electrons. The molecule has 0 saturated carbocycles. The molecular formula is C16H21NOS. The van der Waals surface area contributed by atoms with Gasteiger partial charge >= 0.3 is 0 Å². The molecule has 1 unspecified atom stereocenters. The molecule has 1 aromatic heterocycles. The third kappa shape index (κ3) is 4.08. The fourth-order valence-corrected chi connectivity index (χ4v) is 2.82. The van der Waals surface area contributed by atoms with Crippen molar-refractivity contribution < 1.29 is 4.74 Å². The lowest BCUT2D eigenvalue weighted by Crippen LogP contribution is -2.18. The molecule has 1 atom stereocenters. The van der Waals surface area contributed by atoms with E-state index in [4.69, 9.17) is 4.74 Å². The Morgan fingerprint density at radius 1 is 1.16 bits per heavy atom. The molecule has 0 fully saturated rings. The fourth-order valence-electron chi connectivity index (χ4n) is 2.07. The molecule has 0 saturated heterocycles. The summed E-state index contributed by atoms with van der Waals surface area (Å²) in [5.41, 5.74) is 1.30. The van der Waals surface area contributed by atoms with E-state index in [2.05, 4.69) is 35.0 Å². The summed E-state index contributed by atoms with van der Waals surface area (Å²) in [5, 5.41) is 5.51. The Morgan fingerprint density at radius 3 is 2.42 bits per heavy atom. The van der Waals surface area contributed by atoms with Crippen LogP contribution in [0.3, 0.4) is 0 Å². The van der Waals surface area contributed by atoms with E-state index in [1.165, 1.54) is 10.4 Å². The quantitative estimate of drug-likeness (QED) is 0.859. The lowest BCUT2D eigenvalue weighted by molar-refractivity contribution is 0.242. The summed E-state index contributed by atoms with van der Waals surface area (Å²) in [6.45, 7) is 4.09. The van der Waals surface area contributed by atoms with Crippen LogP contribution < -0.4 is 10.1 Å². The maximum absolute atomic E-state index is 5.67. The highest BCUT2D eigenvalue weighted by Gasteiger charge is 2.11. The van der Waals surface area contributed by atoms with Crippen LogP contribution in [0.25, 0.3) is 0 Å². The maximum atomic E-state index is 5.67. The number of hydrogen-bond donors (Lipinski definition) is 1. The second-order valence-corrected chi connectivity index (χ2v) is 5.89. The van der Waals surface area contributed by atoms with Gasteiger partial charge in [0.2, 0.25) is 0 Å². The van der Waals surface area contributed by atoms with Gasteiger partial charge in [-0.15, -0.1) is 11.3 Å². The van der Waals surface area contributed by atoms with E-state index in [-0.39, 0.29) is 6.10 Å². The number of hydrogen-bond acceptors (Lipinski definition) is 3. The minimum absolute atomic E-state index is 0.220. The zero-order valence-corrected chi connectivity index (χ0v) is 12.5. The zero-order valence-electron chi connectivity index (χ0n) is 11.7. The number of likely N-dealkylation sites (N-methyl/N-ethyl adjacent to an activating group) is 1. The van der Waals surface area contributed by atoms with E-state index in [0.29, 0.717) is 6.04 Å².